The summed E-state index contributed by atoms with van der Waals surface area (Å²) in [6, 6.07) is 7.37. The van der Waals surface area contributed by atoms with Crippen molar-refractivity contribution in [1.29, 1.82) is 0 Å². The molecule has 3 aromatic heterocycles. The summed E-state index contributed by atoms with van der Waals surface area (Å²) in [5.74, 6) is 2.00. The predicted octanol–water partition coefficient (Wildman–Crippen LogP) is 3.38. The molecule has 0 aliphatic carbocycles. The third-order valence-electron chi connectivity index (χ3n) is 5.47. The van der Waals surface area contributed by atoms with Crippen molar-refractivity contribution in [1.82, 2.24) is 25.0 Å². The number of carbonyl (C=O) groups is 1. The Hall–Kier alpha value is -3.75. The zero-order valence-corrected chi connectivity index (χ0v) is 17.0. The number of benzene rings is 1. The number of hydrogen-bond acceptors (Lipinski definition) is 8. The van der Waals surface area contributed by atoms with Crippen molar-refractivity contribution in [3.8, 4) is 17.3 Å². The average molecular weight is 419 g/mol. The number of aromatic nitrogens is 4. The van der Waals surface area contributed by atoms with Crippen LogP contribution in [0.25, 0.3) is 22.5 Å². The van der Waals surface area contributed by atoms with E-state index in [2.05, 4.69) is 20.1 Å². The lowest BCUT2D eigenvalue weighted by Crippen LogP contribution is -2.40. The Balaban J connectivity index is 1.28. The zero-order chi connectivity index (χ0) is 21.2. The van der Waals surface area contributed by atoms with Crippen LogP contribution in [0.15, 0.2) is 51.8 Å². The summed E-state index contributed by atoms with van der Waals surface area (Å²) in [7, 11) is 1.58. The number of para-hydroxylation sites is 1. The third kappa shape index (κ3) is 3.86. The van der Waals surface area contributed by atoms with Gasteiger partial charge in [0.2, 0.25) is 11.7 Å². The van der Waals surface area contributed by atoms with Gasteiger partial charge in [0.1, 0.15) is 5.69 Å². The van der Waals surface area contributed by atoms with E-state index in [1.165, 1.54) is 0 Å². The molecular weight excluding hydrogens is 398 g/mol. The van der Waals surface area contributed by atoms with Crippen molar-refractivity contribution in [3.63, 3.8) is 0 Å². The number of rotatable bonds is 5. The third-order valence-corrected chi connectivity index (χ3v) is 5.47. The molecule has 4 heterocycles. The van der Waals surface area contributed by atoms with Crippen LogP contribution in [0.5, 0.6) is 5.75 Å². The molecule has 5 rings (SSSR count). The number of likely N-dealkylation sites (tertiary alicyclic amines) is 1. The molecule has 1 aliphatic rings. The molecule has 1 saturated heterocycles. The Morgan fingerprint density at radius 2 is 2.26 bits per heavy atom. The summed E-state index contributed by atoms with van der Waals surface area (Å²) < 4.78 is 16.6. The number of piperidine rings is 1. The molecule has 0 N–H and O–H groups in total. The van der Waals surface area contributed by atoms with Gasteiger partial charge in [0.15, 0.2) is 17.1 Å². The summed E-state index contributed by atoms with van der Waals surface area (Å²) in [6.07, 6.45) is 7.27. The SMILES string of the molecule is COc1cccc2cc(C(=O)N3CCCC(Cc4nc(-c5cnccn5)no4)C3)oc12. The van der Waals surface area contributed by atoms with Gasteiger partial charge in [0, 0.05) is 37.3 Å². The minimum absolute atomic E-state index is 0.117. The van der Waals surface area contributed by atoms with Gasteiger partial charge in [-0.25, -0.2) is 4.98 Å². The van der Waals surface area contributed by atoms with E-state index >= 15 is 0 Å². The summed E-state index contributed by atoms with van der Waals surface area (Å²) >= 11 is 0. The molecule has 0 bridgehead atoms. The average Bonchev–Trinajstić information content (AvgIpc) is 3.46. The highest BCUT2D eigenvalue weighted by atomic mass is 16.5. The fourth-order valence-electron chi connectivity index (χ4n) is 3.98. The molecule has 0 spiro atoms. The maximum atomic E-state index is 13.1. The van der Waals surface area contributed by atoms with Gasteiger partial charge in [0.05, 0.1) is 13.3 Å². The van der Waals surface area contributed by atoms with Crippen LogP contribution in [0.3, 0.4) is 0 Å². The maximum absolute atomic E-state index is 13.1. The van der Waals surface area contributed by atoms with Crippen molar-refractivity contribution >= 4 is 16.9 Å². The van der Waals surface area contributed by atoms with E-state index in [1.54, 1.807) is 31.8 Å². The highest BCUT2D eigenvalue weighted by molar-refractivity contribution is 5.97. The second kappa shape index (κ2) is 8.17. The minimum Gasteiger partial charge on any atom is -0.493 e. The maximum Gasteiger partial charge on any atom is 0.289 e. The number of nitrogens with zero attached hydrogens (tertiary/aromatic N) is 5. The lowest BCUT2D eigenvalue weighted by Gasteiger charge is -2.31. The molecule has 1 fully saturated rings. The first kappa shape index (κ1) is 19.2. The topological polar surface area (TPSA) is 107 Å². The second-order valence-corrected chi connectivity index (χ2v) is 7.56. The van der Waals surface area contributed by atoms with Crippen LogP contribution in [0, 0.1) is 5.92 Å². The van der Waals surface area contributed by atoms with E-state index in [9.17, 15) is 4.79 Å². The molecule has 31 heavy (non-hydrogen) atoms. The largest absolute Gasteiger partial charge is 0.493 e. The molecule has 0 radical (unpaired) electrons. The van der Waals surface area contributed by atoms with Crippen LogP contribution >= 0.6 is 0 Å². The van der Waals surface area contributed by atoms with Gasteiger partial charge in [-0.1, -0.05) is 17.3 Å². The van der Waals surface area contributed by atoms with E-state index in [4.69, 9.17) is 13.7 Å². The lowest BCUT2D eigenvalue weighted by molar-refractivity contribution is 0.0638. The molecule has 1 aromatic carbocycles. The summed E-state index contributed by atoms with van der Waals surface area (Å²) in [5, 5.41) is 4.84. The molecule has 4 aromatic rings. The van der Waals surface area contributed by atoms with Gasteiger partial charge < -0.3 is 18.6 Å². The van der Waals surface area contributed by atoms with Crippen molar-refractivity contribution < 1.29 is 18.5 Å². The standard InChI is InChI=1S/C22H21N5O4/c1-29-17-6-2-5-15-11-18(30-20(15)17)22(28)27-9-3-4-14(13-27)10-19-25-21(26-31-19)16-12-23-7-8-24-16/h2,5-8,11-12,14H,3-4,9-10,13H2,1H3. The van der Waals surface area contributed by atoms with Gasteiger partial charge in [-0.15, -0.1) is 0 Å². The van der Waals surface area contributed by atoms with E-state index in [1.807, 2.05) is 23.1 Å². The number of methoxy groups -OCH3 is 1. The van der Waals surface area contributed by atoms with Crippen LogP contribution in [0.2, 0.25) is 0 Å². The van der Waals surface area contributed by atoms with Gasteiger partial charge in [-0.05, 0) is 30.9 Å². The minimum atomic E-state index is -0.117. The Kier molecular flexibility index (Phi) is 5.07. The first-order valence-electron chi connectivity index (χ1n) is 10.2. The number of hydrogen-bond donors (Lipinski definition) is 0. The Morgan fingerprint density at radius 1 is 1.32 bits per heavy atom. The highest BCUT2D eigenvalue weighted by Gasteiger charge is 2.28. The van der Waals surface area contributed by atoms with Crippen LogP contribution in [0.1, 0.15) is 29.3 Å². The first-order valence-corrected chi connectivity index (χ1v) is 10.2. The Bertz CT molecular complexity index is 1200. The normalized spacial score (nSPS) is 16.5. The van der Waals surface area contributed by atoms with Crippen LogP contribution in [0.4, 0.5) is 0 Å². The van der Waals surface area contributed by atoms with E-state index < -0.39 is 0 Å². The van der Waals surface area contributed by atoms with Crippen LogP contribution < -0.4 is 4.74 Å². The fraction of sp³-hybridized carbons (Fsp3) is 0.318. The van der Waals surface area contributed by atoms with Crippen LogP contribution in [-0.4, -0.2) is 51.1 Å². The summed E-state index contributed by atoms with van der Waals surface area (Å²) in [5.41, 5.74) is 1.16. The molecule has 0 saturated carbocycles. The van der Waals surface area contributed by atoms with E-state index in [0.29, 0.717) is 54.0 Å². The molecule has 1 unspecified atom stereocenters. The van der Waals surface area contributed by atoms with Crippen molar-refractivity contribution in [2.24, 2.45) is 5.92 Å². The van der Waals surface area contributed by atoms with E-state index in [0.717, 1.165) is 18.2 Å². The molecule has 1 aliphatic heterocycles. The number of amides is 1. The smallest absolute Gasteiger partial charge is 0.289 e. The quantitative estimate of drug-likeness (QED) is 0.484. The van der Waals surface area contributed by atoms with Crippen LogP contribution in [-0.2, 0) is 6.42 Å². The molecule has 1 amide bonds. The predicted molar refractivity (Wildman–Crippen MR) is 110 cm³/mol. The Labute approximate surface area is 178 Å². The molecule has 9 heteroatoms. The first-order chi connectivity index (χ1) is 15.2. The monoisotopic (exact) mass is 419 g/mol. The second-order valence-electron chi connectivity index (χ2n) is 7.56. The van der Waals surface area contributed by atoms with Gasteiger partial charge in [-0.3, -0.25) is 9.78 Å². The number of ether oxygens (including phenoxy) is 1. The molecule has 9 nitrogen and oxygen atoms in total. The summed E-state index contributed by atoms with van der Waals surface area (Å²) in [4.78, 5) is 27.6. The lowest BCUT2D eigenvalue weighted by atomic mass is 9.94. The number of furan rings is 1. The number of carbonyl (C=O) groups excluding carboxylic acids is 1. The number of fused-ring (bicyclic) bond motifs is 1. The van der Waals surface area contributed by atoms with Gasteiger partial charge in [-0.2, -0.15) is 4.98 Å². The molecule has 1 atom stereocenters. The van der Waals surface area contributed by atoms with Gasteiger partial charge in [0.25, 0.3) is 5.91 Å². The van der Waals surface area contributed by atoms with Gasteiger partial charge >= 0.3 is 0 Å². The van der Waals surface area contributed by atoms with Crippen molar-refractivity contribution in [2.45, 2.75) is 19.3 Å². The summed E-state index contributed by atoms with van der Waals surface area (Å²) in [6.45, 7) is 1.30. The van der Waals surface area contributed by atoms with E-state index in [-0.39, 0.29) is 11.8 Å². The highest BCUT2D eigenvalue weighted by Crippen LogP contribution is 2.30. The Morgan fingerprint density at radius 3 is 3.10 bits per heavy atom. The molecule has 158 valence electrons. The molecular formula is C22H21N5O4. The fourth-order valence-corrected chi connectivity index (χ4v) is 3.98. The van der Waals surface area contributed by atoms with Crippen molar-refractivity contribution in [3.05, 3.63) is 54.5 Å². The van der Waals surface area contributed by atoms with Crippen molar-refractivity contribution in [2.75, 3.05) is 20.2 Å². The zero-order valence-electron chi connectivity index (χ0n) is 17.0.